The molecule has 1 amide bonds. The van der Waals surface area contributed by atoms with E-state index in [-0.39, 0.29) is 11.9 Å². The molecule has 104 valence electrons. The molecule has 2 nitrogen and oxygen atoms in total. The van der Waals surface area contributed by atoms with E-state index in [4.69, 9.17) is 11.6 Å². The van der Waals surface area contributed by atoms with Crippen molar-refractivity contribution >= 4 is 28.8 Å². The summed E-state index contributed by atoms with van der Waals surface area (Å²) in [4.78, 5) is 15.8. The van der Waals surface area contributed by atoms with E-state index in [0.717, 1.165) is 24.9 Å². The number of hydrogen-bond donors (Lipinski definition) is 0. The minimum Gasteiger partial charge on any atom is -0.335 e. The minimum atomic E-state index is 0.197. The normalized spacial score (nSPS) is 18.4. The zero-order chi connectivity index (χ0) is 13.9. The average molecular weight is 306 g/mol. The molecule has 0 bridgehead atoms. The van der Waals surface area contributed by atoms with E-state index in [1.165, 1.54) is 4.88 Å². The van der Waals surface area contributed by atoms with Gasteiger partial charge in [-0.3, -0.25) is 4.79 Å². The first kappa shape index (κ1) is 13.7. The smallest absolute Gasteiger partial charge is 0.227 e. The summed E-state index contributed by atoms with van der Waals surface area (Å²) in [7, 11) is 0. The predicted octanol–water partition coefficient (Wildman–Crippen LogP) is 4.31. The summed E-state index contributed by atoms with van der Waals surface area (Å²) in [5, 5.41) is 2.76. The van der Waals surface area contributed by atoms with Crippen LogP contribution in [0.2, 0.25) is 5.02 Å². The van der Waals surface area contributed by atoms with Crippen molar-refractivity contribution < 1.29 is 4.79 Å². The molecule has 0 N–H and O–H groups in total. The van der Waals surface area contributed by atoms with Crippen molar-refractivity contribution in [1.29, 1.82) is 0 Å². The third-order valence-electron chi connectivity index (χ3n) is 3.69. The molecule has 0 radical (unpaired) electrons. The number of amides is 1. The molecule has 0 spiro atoms. The molecule has 4 heteroatoms. The van der Waals surface area contributed by atoms with Gasteiger partial charge in [0.1, 0.15) is 0 Å². The molecule has 1 aromatic carbocycles. The van der Waals surface area contributed by atoms with Crippen LogP contribution in [0.5, 0.6) is 0 Å². The van der Waals surface area contributed by atoms with Crippen LogP contribution in [0.3, 0.4) is 0 Å². The Morgan fingerprint density at radius 2 is 2.25 bits per heavy atom. The molecule has 1 aliphatic heterocycles. The number of nitrogens with zero attached hydrogens (tertiary/aromatic N) is 1. The number of thiophene rings is 1. The number of halogens is 1. The van der Waals surface area contributed by atoms with Gasteiger partial charge in [0.2, 0.25) is 5.91 Å². The van der Waals surface area contributed by atoms with Gasteiger partial charge in [-0.1, -0.05) is 29.8 Å². The molecule has 1 aliphatic rings. The van der Waals surface area contributed by atoms with E-state index in [1.807, 2.05) is 29.2 Å². The fourth-order valence-electron chi connectivity index (χ4n) is 2.76. The molecule has 1 unspecified atom stereocenters. The lowest BCUT2D eigenvalue weighted by Gasteiger charge is -2.24. The Labute approximate surface area is 128 Å². The van der Waals surface area contributed by atoms with E-state index in [0.29, 0.717) is 11.4 Å². The van der Waals surface area contributed by atoms with Crippen LogP contribution in [0.15, 0.2) is 41.8 Å². The van der Waals surface area contributed by atoms with Gasteiger partial charge in [0.15, 0.2) is 0 Å². The van der Waals surface area contributed by atoms with E-state index in [1.54, 1.807) is 11.3 Å². The van der Waals surface area contributed by atoms with E-state index < -0.39 is 0 Å². The second-order valence-corrected chi connectivity index (χ2v) is 6.48. The van der Waals surface area contributed by atoms with Crippen molar-refractivity contribution in [2.45, 2.75) is 25.3 Å². The van der Waals surface area contributed by atoms with Crippen LogP contribution in [-0.2, 0) is 11.2 Å². The number of benzene rings is 1. The van der Waals surface area contributed by atoms with Crippen LogP contribution in [0.1, 0.15) is 29.3 Å². The molecule has 1 saturated heterocycles. The van der Waals surface area contributed by atoms with Crippen molar-refractivity contribution in [2.24, 2.45) is 0 Å². The topological polar surface area (TPSA) is 20.3 Å². The van der Waals surface area contributed by atoms with Crippen LogP contribution < -0.4 is 0 Å². The van der Waals surface area contributed by atoms with Crippen molar-refractivity contribution in [3.63, 3.8) is 0 Å². The standard InChI is InChI=1S/C16H16ClNOS/c17-13-5-1-4-12(10-13)11-16(19)18-8-2-6-14(18)15-7-3-9-20-15/h1,3-5,7,9-10,14H,2,6,8,11H2. The second kappa shape index (κ2) is 5.98. The SMILES string of the molecule is O=C(Cc1cccc(Cl)c1)N1CCCC1c1cccs1. The summed E-state index contributed by atoms with van der Waals surface area (Å²) in [6, 6.07) is 12.0. The molecule has 1 aromatic heterocycles. The lowest BCUT2D eigenvalue weighted by Crippen LogP contribution is -2.31. The second-order valence-electron chi connectivity index (χ2n) is 5.07. The summed E-state index contributed by atoms with van der Waals surface area (Å²) in [6.07, 6.45) is 2.59. The third kappa shape index (κ3) is 2.89. The highest BCUT2D eigenvalue weighted by molar-refractivity contribution is 7.10. The fraction of sp³-hybridized carbons (Fsp3) is 0.312. The number of carbonyl (C=O) groups excluding carboxylic acids is 1. The Morgan fingerprint density at radius 3 is 3.00 bits per heavy atom. The van der Waals surface area contributed by atoms with Gasteiger partial charge in [0.25, 0.3) is 0 Å². The Hall–Kier alpha value is -1.32. The number of carbonyl (C=O) groups is 1. The molecule has 2 heterocycles. The summed E-state index contributed by atoms with van der Waals surface area (Å²) in [5.41, 5.74) is 0.985. The average Bonchev–Trinajstić information content (AvgIpc) is 3.09. The maximum atomic E-state index is 12.5. The van der Waals surface area contributed by atoms with Crippen molar-refractivity contribution in [3.8, 4) is 0 Å². The molecule has 1 atom stereocenters. The number of rotatable bonds is 3. The Bertz CT molecular complexity index is 596. The van der Waals surface area contributed by atoms with Crippen LogP contribution in [-0.4, -0.2) is 17.4 Å². The van der Waals surface area contributed by atoms with Crippen LogP contribution in [0.25, 0.3) is 0 Å². The molecular formula is C16H16ClNOS. The van der Waals surface area contributed by atoms with Gasteiger partial charge >= 0.3 is 0 Å². The maximum absolute atomic E-state index is 12.5. The van der Waals surface area contributed by atoms with Gasteiger partial charge in [-0.05, 0) is 42.0 Å². The van der Waals surface area contributed by atoms with Crippen molar-refractivity contribution in [2.75, 3.05) is 6.54 Å². The molecule has 1 fully saturated rings. The van der Waals surface area contributed by atoms with Crippen LogP contribution >= 0.6 is 22.9 Å². The number of likely N-dealkylation sites (tertiary alicyclic amines) is 1. The number of hydrogen-bond acceptors (Lipinski definition) is 2. The summed E-state index contributed by atoms with van der Waals surface area (Å²) < 4.78 is 0. The Kier molecular flexibility index (Phi) is 4.08. The maximum Gasteiger partial charge on any atom is 0.227 e. The molecular weight excluding hydrogens is 290 g/mol. The largest absolute Gasteiger partial charge is 0.335 e. The van der Waals surface area contributed by atoms with E-state index >= 15 is 0 Å². The summed E-state index contributed by atoms with van der Waals surface area (Å²) in [5.74, 6) is 0.197. The Balaban J connectivity index is 1.73. The molecule has 20 heavy (non-hydrogen) atoms. The Morgan fingerprint density at radius 1 is 1.35 bits per heavy atom. The zero-order valence-corrected chi connectivity index (χ0v) is 12.7. The quantitative estimate of drug-likeness (QED) is 0.827. The van der Waals surface area contributed by atoms with E-state index in [2.05, 4.69) is 17.5 Å². The highest BCUT2D eigenvalue weighted by Gasteiger charge is 2.30. The van der Waals surface area contributed by atoms with E-state index in [9.17, 15) is 4.79 Å². The van der Waals surface area contributed by atoms with Gasteiger partial charge in [0, 0.05) is 16.4 Å². The van der Waals surface area contributed by atoms with Crippen molar-refractivity contribution in [1.82, 2.24) is 4.90 Å². The van der Waals surface area contributed by atoms with Gasteiger partial charge in [-0.25, -0.2) is 0 Å². The van der Waals surface area contributed by atoms with Gasteiger partial charge in [-0.2, -0.15) is 0 Å². The predicted molar refractivity (Wildman–Crippen MR) is 83.2 cm³/mol. The lowest BCUT2D eigenvalue weighted by molar-refractivity contribution is -0.131. The minimum absolute atomic E-state index is 0.197. The molecule has 3 rings (SSSR count). The zero-order valence-electron chi connectivity index (χ0n) is 11.1. The van der Waals surface area contributed by atoms with Crippen LogP contribution in [0.4, 0.5) is 0 Å². The summed E-state index contributed by atoms with van der Waals surface area (Å²) >= 11 is 7.71. The molecule has 0 saturated carbocycles. The first-order valence-electron chi connectivity index (χ1n) is 6.81. The monoisotopic (exact) mass is 305 g/mol. The van der Waals surface area contributed by atoms with Gasteiger partial charge in [-0.15, -0.1) is 11.3 Å². The van der Waals surface area contributed by atoms with Crippen LogP contribution in [0, 0.1) is 0 Å². The lowest BCUT2D eigenvalue weighted by atomic mass is 10.1. The fourth-order valence-corrected chi connectivity index (χ4v) is 3.85. The molecule has 0 aliphatic carbocycles. The highest BCUT2D eigenvalue weighted by Crippen LogP contribution is 2.34. The highest BCUT2D eigenvalue weighted by atomic mass is 35.5. The molecule has 2 aromatic rings. The van der Waals surface area contributed by atoms with Crippen molar-refractivity contribution in [3.05, 3.63) is 57.2 Å². The van der Waals surface area contributed by atoms with Gasteiger partial charge in [0.05, 0.1) is 12.5 Å². The summed E-state index contributed by atoms with van der Waals surface area (Å²) in [6.45, 7) is 0.863. The van der Waals surface area contributed by atoms with Gasteiger partial charge < -0.3 is 4.90 Å². The third-order valence-corrected chi connectivity index (χ3v) is 4.90. The first-order chi connectivity index (χ1) is 9.74. The first-order valence-corrected chi connectivity index (χ1v) is 8.07.